The summed E-state index contributed by atoms with van der Waals surface area (Å²) in [6, 6.07) is 8.07. The molecule has 2 aromatic heterocycles. The minimum absolute atomic E-state index is 0.0656. The second-order valence-corrected chi connectivity index (χ2v) is 6.09. The normalized spacial score (nSPS) is 17.2. The molecule has 1 unspecified atom stereocenters. The fraction of sp³-hybridized carbons (Fsp3) is 0.278. The first-order valence-electron chi connectivity index (χ1n) is 8.16. The first-order chi connectivity index (χ1) is 12.2. The van der Waals surface area contributed by atoms with E-state index in [1.54, 1.807) is 4.90 Å². The second kappa shape index (κ2) is 6.51. The highest BCUT2D eigenvalue weighted by atomic mass is 19.1. The van der Waals surface area contributed by atoms with Gasteiger partial charge >= 0.3 is 6.01 Å². The molecule has 7 heteroatoms. The van der Waals surface area contributed by atoms with Crippen LogP contribution in [0.15, 0.2) is 42.9 Å². The minimum atomic E-state index is -0.505. The SMILES string of the molecule is O=C(Cc1c[nH]c2ccccc12)N1CCC(Oc2ncc(F)cn2)C1. The molecule has 25 heavy (non-hydrogen) atoms. The average Bonchev–Trinajstić information content (AvgIpc) is 3.25. The van der Waals surface area contributed by atoms with Crippen molar-refractivity contribution in [2.75, 3.05) is 13.1 Å². The van der Waals surface area contributed by atoms with Crippen LogP contribution in [0.2, 0.25) is 0 Å². The van der Waals surface area contributed by atoms with Crippen molar-refractivity contribution >= 4 is 16.8 Å². The Hall–Kier alpha value is -2.96. The number of H-pyrrole nitrogens is 1. The molecule has 1 atom stereocenters. The molecule has 3 aromatic rings. The van der Waals surface area contributed by atoms with Gasteiger partial charge in [-0.05, 0) is 11.6 Å². The fourth-order valence-corrected chi connectivity index (χ4v) is 3.11. The molecule has 1 aliphatic rings. The summed E-state index contributed by atoms with van der Waals surface area (Å²) in [4.78, 5) is 25.1. The molecule has 1 fully saturated rings. The topological polar surface area (TPSA) is 71.1 Å². The molecule has 1 aromatic carbocycles. The number of ether oxygens (including phenoxy) is 1. The van der Waals surface area contributed by atoms with Crippen LogP contribution in [0, 0.1) is 5.82 Å². The summed E-state index contributed by atoms with van der Waals surface area (Å²) in [6.07, 6.45) is 4.91. The highest BCUT2D eigenvalue weighted by molar-refractivity contribution is 5.89. The predicted octanol–water partition coefficient (Wildman–Crippen LogP) is 2.32. The number of nitrogens with one attached hydrogen (secondary N) is 1. The zero-order valence-corrected chi connectivity index (χ0v) is 13.5. The molecule has 1 amide bonds. The molecule has 1 aliphatic heterocycles. The van der Waals surface area contributed by atoms with Crippen molar-refractivity contribution in [3.63, 3.8) is 0 Å². The standard InChI is InChI=1S/C18H17FN4O2/c19-13-9-21-18(22-10-13)25-14-5-6-23(11-14)17(24)7-12-8-20-16-4-2-1-3-15(12)16/h1-4,8-10,14,20H,5-7,11H2. The summed E-state index contributed by atoms with van der Waals surface area (Å²) in [5.74, 6) is -0.440. The van der Waals surface area contributed by atoms with Gasteiger partial charge in [-0.2, -0.15) is 0 Å². The van der Waals surface area contributed by atoms with E-state index in [0.717, 1.165) is 28.9 Å². The fourth-order valence-electron chi connectivity index (χ4n) is 3.11. The number of benzene rings is 1. The monoisotopic (exact) mass is 340 g/mol. The predicted molar refractivity (Wildman–Crippen MR) is 89.6 cm³/mol. The Labute approximate surface area is 143 Å². The van der Waals surface area contributed by atoms with Gasteiger partial charge in [0.15, 0.2) is 5.82 Å². The van der Waals surface area contributed by atoms with E-state index in [1.165, 1.54) is 0 Å². The van der Waals surface area contributed by atoms with Gasteiger partial charge in [0.25, 0.3) is 0 Å². The van der Waals surface area contributed by atoms with Crippen LogP contribution in [0.1, 0.15) is 12.0 Å². The van der Waals surface area contributed by atoms with Crippen LogP contribution in [0.25, 0.3) is 10.9 Å². The molecule has 0 spiro atoms. The molecular formula is C18H17FN4O2. The van der Waals surface area contributed by atoms with E-state index in [0.29, 0.717) is 25.9 Å². The number of carbonyl (C=O) groups excluding carboxylic acids is 1. The van der Waals surface area contributed by atoms with E-state index in [4.69, 9.17) is 4.74 Å². The summed E-state index contributed by atoms with van der Waals surface area (Å²) in [6.45, 7) is 1.12. The van der Waals surface area contributed by atoms with Crippen molar-refractivity contribution in [1.82, 2.24) is 19.9 Å². The van der Waals surface area contributed by atoms with Gasteiger partial charge in [-0.3, -0.25) is 4.79 Å². The number of likely N-dealkylation sites (tertiary alicyclic amines) is 1. The van der Waals surface area contributed by atoms with Gasteiger partial charge in [-0.1, -0.05) is 18.2 Å². The lowest BCUT2D eigenvalue weighted by molar-refractivity contribution is -0.129. The summed E-state index contributed by atoms with van der Waals surface area (Å²) < 4.78 is 18.5. The van der Waals surface area contributed by atoms with Crippen molar-refractivity contribution in [1.29, 1.82) is 0 Å². The molecule has 0 bridgehead atoms. The Bertz CT molecular complexity index is 893. The van der Waals surface area contributed by atoms with Gasteiger partial charge in [-0.15, -0.1) is 0 Å². The van der Waals surface area contributed by atoms with Crippen molar-refractivity contribution in [3.8, 4) is 6.01 Å². The number of hydrogen-bond acceptors (Lipinski definition) is 4. The molecule has 6 nitrogen and oxygen atoms in total. The van der Waals surface area contributed by atoms with E-state index in [-0.39, 0.29) is 18.0 Å². The number of hydrogen-bond donors (Lipinski definition) is 1. The van der Waals surface area contributed by atoms with Gasteiger partial charge in [0.1, 0.15) is 6.10 Å². The van der Waals surface area contributed by atoms with Crippen LogP contribution < -0.4 is 4.74 Å². The maximum Gasteiger partial charge on any atom is 0.316 e. The van der Waals surface area contributed by atoms with Crippen molar-refractivity contribution in [2.24, 2.45) is 0 Å². The molecule has 128 valence electrons. The second-order valence-electron chi connectivity index (χ2n) is 6.09. The van der Waals surface area contributed by atoms with Crippen LogP contribution in [0.3, 0.4) is 0 Å². The third-order valence-electron chi connectivity index (χ3n) is 4.38. The summed E-state index contributed by atoms with van der Waals surface area (Å²) >= 11 is 0. The summed E-state index contributed by atoms with van der Waals surface area (Å²) in [5, 5.41) is 1.07. The van der Waals surface area contributed by atoms with Crippen LogP contribution in [-0.4, -0.2) is 45.0 Å². The highest BCUT2D eigenvalue weighted by Gasteiger charge is 2.28. The van der Waals surface area contributed by atoms with Gasteiger partial charge < -0.3 is 14.6 Å². The number of nitrogens with zero attached hydrogens (tertiary/aromatic N) is 3. The summed E-state index contributed by atoms with van der Waals surface area (Å²) in [7, 11) is 0. The summed E-state index contributed by atoms with van der Waals surface area (Å²) in [5.41, 5.74) is 2.02. The first kappa shape index (κ1) is 15.6. The number of halogens is 1. The Morgan fingerprint density at radius 1 is 1.32 bits per heavy atom. The molecule has 0 aliphatic carbocycles. The molecule has 1 N–H and O–H groups in total. The van der Waals surface area contributed by atoms with Crippen molar-refractivity contribution in [2.45, 2.75) is 18.9 Å². The molecule has 0 radical (unpaired) electrons. The smallest absolute Gasteiger partial charge is 0.316 e. The lowest BCUT2D eigenvalue weighted by atomic mass is 10.1. The molecule has 1 saturated heterocycles. The van der Waals surface area contributed by atoms with Crippen LogP contribution >= 0.6 is 0 Å². The number of amides is 1. The van der Waals surface area contributed by atoms with E-state index in [1.807, 2.05) is 30.5 Å². The van der Waals surface area contributed by atoms with E-state index < -0.39 is 5.82 Å². The lowest BCUT2D eigenvalue weighted by Gasteiger charge is -2.16. The zero-order chi connectivity index (χ0) is 17.2. The minimum Gasteiger partial charge on any atom is -0.458 e. The number of carbonyl (C=O) groups is 1. The third kappa shape index (κ3) is 3.31. The van der Waals surface area contributed by atoms with Crippen LogP contribution in [0.4, 0.5) is 4.39 Å². The molecule has 4 rings (SSSR count). The number of aromatic amines is 1. The van der Waals surface area contributed by atoms with Gasteiger partial charge in [0.2, 0.25) is 5.91 Å². The zero-order valence-electron chi connectivity index (χ0n) is 13.5. The maximum atomic E-state index is 12.8. The Balaban J connectivity index is 1.38. The number of para-hydroxylation sites is 1. The van der Waals surface area contributed by atoms with E-state index >= 15 is 0 Å². The van der Waals surface area contributed by atoms with Crippen molar-refractivity contribution in [3.05, 3.63) is 54.2 Å². The molecular weight excluding hydrogens is 323 g/mol. The number of aromatic nitrogens is 3. The highest BCUT2D eigenvalue weighted by Crippen LogP contribution is 2.21. The Morgan fingerprint density at radius 2 is 2.12 bits per heavy atom. The molecule has 3 heterocycles. The Kier molecular flexibility index (Phi) is 4.05. The van der Waals surface area contributed by atoms with Gasteiger partial charge in [0.05, 0.1) is 25.4 Å². The largest absolute Gasteiger partial charge is 0.458 e. The van der Waals surface area contributed by atoms with E-state index in [2.05, 4.69) is 15.0 Å². The lowest BCUT2D eigenvalue weighted by Crippen LogP contribution is -2.32. The van der Waals surface area contributed by atoms with Crippen LogP contribution in [0.5, 0.6) is 6.01 Å². The maximum absolute atomic E-state index is 12.8. The van der Waals surface area contributed by atoms with Crippen molar-refractivity contribution < 1.29 is 13.9 Å². The van der Waals surface area contributed by atoms with Crippen LogP contribution in [-0.2, 0) is 11.2 Å². The van der Waals surface area contributed by atoms with Gasteiger partial charge in [0, 0.05) is 30.1 Å². The van der Waals surface area contributed by atoms with Gasteiger partial charge in [-0.25, -0.2) is 14.4 Å². The Morgan fingerprint density at radius 3 is 2.96 bits per heavy atom. The quantitative estimate of drug-likeness (QED) is 0.791. The number of fused-ring (bicyclic) bond motifs is 1. The number of rotatable bonds is 4. The first-order valence-corrected chi connectivity index (χ1v) is 8.16. The molecule has 0 saturated carbocycles. The van der Waals surface area contributed by atoms with E-state index in [9.17, 15) is 9.18 Å². The third-order valence-corrected chi connectivity index (χ3v) is 4.38. The average molecular weight is 340 g/mol.